The Morgan fingerprint density at radius 2 is 2.00 bits per heavy atom. The summed E-state index contributed by atoms with van der Waals surface area (Å²) in [6.45, 7) is 3.91. The molecule has 0 aliphatic heterocycles. The van der Waals surface area contributed by atoms with Crippen molar-refractivity contribution in [3.8, 4) is 0 Å². The maximum atomic E-state index is 12.1. The summed E-state index contributed by atoms with van der Waals surface area (Å²) in [5.41, 5.74) is 0.994. The summed E-state index contributed by atoms with van der Waals surface area (Å²) in [6, 6.07) is 6.72. The number of anilines is 1. The van der Waals surface area contributed by atoms with Crippen molar-refractivity contribution in [2.24, 2.45) is 0 Å². The van der Waals surface area contributed by atoms with Gasteiger partial charge in [0.2, 0.25) is 5.91 Å². The van der Waals surface area contributed by atoms with Crippen molar-refractivity contribution in [3.63, 3.8) is 0 Å². The lowest BCUT2D eigenvalue weighted by Crippen LogP contribution is -2.49. The van der Waals surface area contributed by atoms with Gasteiger partial charge < -0.3 is 15.4 Å². The van der Waals surface area contributed by atoms with E-state index < -0.39 is 0 Å². The van der Waals surface area contributed by atoms with Crippen LogP contribution in [0.3, 0.4) is 0 Å². The number of nitrogens with one attached hydrogen (secondary N) is 2. The van der Waals surface area contributed by atoms with Gasteiger partial charge in [-0.3, -0.25) is 9.59 Å². The van der Waals surface area contributed by atoms with E-state index in [0.717, 1.165) is 19.3 Å². The molecule has 1 aromatic rings. The second kappa shape index (κ2) is 6.54. The summed E-state index contributed by atoms with van der Waals surface area (Å²) in [7, 11) is 1.68. The summed E-state index contributed by atoms with van der Waals surface area (Å²) in [6.07, 6.45) is 4.30. The Hall–Kier alpha value is -2.14. The van der Waals surface area contributed by atoms with Crippen LogP contribution < -0.4 is 10.6 Å². The maximum Gasteiger partial charge on any atom is 0.251 e. The Morgan fingerprint density at radius 3 is 2.48 bits per heavy atom. The molecule has 1 aliphatic rings. The van der Waals surface area contributed by atoms with Gasteiger partial charge in [-0.2, -0.15) is 0 Å². The second-order valence-electron chi connectivity index (χ2n) is 5.19. The lowest BCUT2D eigenvalue weighted by molar-refractivity contribution is -0.111. The van der Waals surface area contributed by atoms with Crippen LogP contribution in [0.2, 0.25) is 0 Å². The van der Waals surface area contributed by atoms with Crippen LogP contribution in [-0.4, -0.2) is 31.1 Å². The molecule has 112 valence electrons. The summed E-state index contributed by atoms with van der Waals surface area (Å²) in [4.78, 5) is 23.2. The van der Waals surface area contributed by atoms with Gasteiger partial charge >= 0.3 is 0 Å². The van der Waals surface area contributed by atoms with Crippen LogP contribution in [-0.2, 0) is 9.53 Å². The van der Waals surface area contributed by atoms with E-state index in [2.05, 4.69) is 17.2 Å². The zero-order chi connectivity index (χ0) is 15.3. The number of carbonyl (C=O) groups excluding carboxylic acids is 2. The molecule has 0 aromatic heterocycles. The molecule has 0 atom stereocenters. The van der Waals surface area contributed by atoms with Gasteiger partial charge in [0.1, 0.15) is 0 Å². The second-order valence-corrected chi connectivity index (χ2v) is 5.19. The van der Waals surface area contributed by atoms with Gasteiger partial charge in [0, 0.05) is 24.9 Å². The summed E-state index contributed by atoms with van der Waals surface area (Å²) in [5.74, 6) is -0.417. The van der Waals surface area contributed by atoms with Crippen molar-refractivity contribution < 1.29 is 14.3 Å². The first-order valence-electron chi connectivity index (χ1n) is 6.95. The van der Waals surface area contributed by atoms with Crippen molar-refractivity contribution in [1.82, 2.24) is 5.32 Å². The standard InChI is InChI=1S/C16H20N2O3/c1-3-14(19)18-13-7-5-12(6-8-13)15(20)17-11-16(21-2)9-4-10-16/h3,5-8H,1,4,9-11H2,2H3,(H,17,20)(H,18,19). The van der Waals surface area contributed by atoms with Gasteiger partial charge in [-0.1, -0.05) is 6.58 Å². The highest BCUT2D eigenvalue weighted by Crippen LogP contribution is 2.34. The molecule has 1 aromatic carbocycles. The van der Waals surface area contributed by atoms with Gasteiger partial charge in [-0.05, 0) is 49.6 Å². The SMILES string of the molecule is C=CC(=O)Nc1ccc(C(=O)NCC2(OC)CCC2)cc1. The molecule has 2 N–H and O–H groups in total. The summed E-state index contributed by atoms with van der Waals surface area (Å²) >= 11 is 0. The van der Waals surface area contributed by atoms with Crippen molar-refractivity contribution in [2.45, 2.75) is 24.9 Å². The average Bonchev–Trinajstić information content (AvgIpc) is 2.47. The minimum Gasteiger partial charge on any atom is -0.376 e. The summed E-state index contributed by atoms with van der Waals surface area (Å²) < 4.78 is 5.46. The van der Waals surface area contributed by atoms with E-state index in [4.69, 9.17) is 4.74 Å². The summed E-state index contributed by atoms with van der Waals surface area (Å²) in [5, 5.41) is 5.53. The third kappa shape index (κ3) is 3.70. The predicted molar refractivity (Wildman–Crippen MR) is 81.2 cm³/mol. The molecule has 5 nitrogen and oxygen atoms in total. The maximum absolute atomic E-state index is 12.1. The topological polar surface area (TPSA) is 67.4 Å². The van der Waals surface area contributed by atoms with Crippen molar-refractivity contribution >= 4 is 17.5 Å². The molecule has 0 bridgehead atoms. The lowest BCUT2D eigenvalue weighted by atomic mass is 9.80. The zero-order valence-electron chi connectivity index (χ0n) is 12.1. The number of benzene rings is 1. The molecule has 21 heavy (non-hydrogen) atoms. The highest BCUT2D eigenvalue weighted by molar-refractivity contribution is 5.99. The Labute approximate surface area is 124 Å². The zero-order valence-corrected chi connectivity index (χ0v) is 12.1. The van der Waals surface area contributed by atoms with Crippen LogP contribution in [0.25, 0.3) is 0 Å². The average molecular weight is 288 g/mol. The quantitative estimate of drug-likeness (QED) is 0.788. The number of methoxy groups -OCH3 is 1. The minimum absolute atomic E-state index is 0.139. The first-order chi connectivity index (χ1) is 10.1. The van der Waals surface area contributed by atoms with E-state index in [1.807, 2.05) is 0 Å². The molecule has 2 rings (SSSR count). The smallest absolute Gasteiger partial charge is 0.251 e. The van der Waals surface area contributed by atoms with Crippen LogP contribution in [0.1, 0.15) is 29.6 Å². The Bertz CT molecular complexity index is 527. The lowest BCUT2D eigenvalue weighted by Gasteiger charge is -2.40. The Balaban J connectivity index is 1.90. The van der Waals surface area contributed by atoms with Gasteiger partial charge in [0.25, 0.3) is 5.91 Å². The van der Waals surface area contributed by atoms with Crippen LogP contribution in [0.4, 0.5) is 5.69 Å². The van der Waals surface area contributed by atoms with Crippen LogP contribution >= 0.6 is 0 Å². The van der Waals surface area contributed by atoms with E-state index in [0.29, 0.717) is 17.8 Å². The monoisotopic (exact) mass is 288 g/mol. The third-order valence-corrected chi connectivity index (χ3v) is 3.87. The molecule has 2 amide bonds. The fourth-order valence-corrected chi connectivity index (χ4v) is 2.27. The van der Waals surface area contributed by atoms with Gasteiger partial charge in [0.05, 0.1) is 5.60 Å². The van der Waals surface area contributed by atoms with E-state index in [1.165, 1.54) is 6.08 Å². The van der Waals surface area contributed by atoms with Crippen LogP contribution in [0, 0.1) is 0 Å². The number of amides is 2. The minimum atomic E-state index is -0.278. The normalized spacial score (nSPS) is 15.7. The molecule has 1 saturated carbocycles. The first-order valence-corrected chi connectivity index (χ1v) is 6.95. The molecular formula is C16H20N2O3. The van der Waals surface area contributed by atoms with E-state index in [-0.39, 0.29) is 17.4 Å². The van der Waals surface area contributed by atoms with Crippen LogP contribution in [0.5, 0.6) is 0 Å². The molecule has 0 spiro atoms. The fourth-order valence-electron chi connectivity index (χ4n) is 2.27. The highest BCUT2D eigenvalue weighted by Gasteiger charge is 2.37. The molecule has 1 fully saturated rings. The van der Waals surface area contributed by atoms with E-state index in [9.17, 15) is 9.59 Å². The predicted octanol–water partition coefficient (Wildman–Crippen LogP) is 2.11. The number of rotatable bonds is 6. The van der Waals surface area contributed by atoms with Crippen LogP contribution in [0.15, 0.2) is 36.9 Å². The number of carbonyl (C=O) groups is 2. The first kappa shape index (κ1) is 15.3. The molecular weight excluding hydrogens is 268 g/mol. The fraction of sp³-hybridized carbons (Fsp3) is 0.375. The molecule has 1 aliphatic carbocycles. The number of hydrogen-bond donors (Lipinski definition) is 2. The number of ether oxygens (including phenoxy) is 1. The van der Waals surface area contributed by atoms with E-state index >= 15 is 0 Å². The van der Waals surface area contributed by atoms with Gasteiger partial charge in [0.15, 0.2) is 0 Å². The molecule has 5 heteroatoms. The van der Waals surface area contributed by atoms with Crippen molar-refractivity contribution in [2.75, 3.05) is 19.0 Å². The molecule has 0 unspecified atom stereocenters. The third-order valence-electron chi connectivity index (χ3n) is 3.87. The number of hydrogen-bond acceptors (Lipinski definition) is 3. The van der Waals surface area contributed by atoms with E-state index in [1.54, 1.807) is 31.4 Å². The Kier molecular flexibility index (Phi) is 4.75. The van der Waals surface area contributed by atoms with Crippen molar-refractivity contribution in [1.29, 1.82) is 0 Å². The highest BCUT2D eigenvalue weighted by atomic mass is 16.5. The van der Waals surface area contributed by atoms with Crippen molar-refractivity contribution in [3.05, 3.63) is 42.5 Å². The Morgan fingerprint density at radius 1 is 1.33 bits per heavy atom. The molecule has 0 radical (unpaired) electrons. The van der Waals surface area contributed by atoms with Gasteiger partial charge in [-0.15, -0.1) is 0 Å². The largest absolute Gasteiger partial charge is 0.376 e. The molecule has 0 heterocycles. The van der Waals surface area contributed by atoms with Gasteiger partial charge in [-0.25, -0.2) is 0 Å². The molecule has 0 saturated heterocycles.